The summed E-state index contributed by atoms with van der Waals surface area (Å²) in [5, 5.41) is 0. The molecule has 0 aromatic rings. The standard InChI is InChI=1S/C15H25N4O2/c16-15(21)18-10-6-13(11-18)17-8-4-12(5-9-17)19-7-2-1-3-14(19)20/h6,12-13H,1-5,7-11H2,(H2,16,21)/t13-/m0/s1. The van der Waals surface area contributed by atoms with Gasteiger partial charge in [-0.3, -0.25) is 9.69 Å². The van der Waals surface area contributed by atoms with E-state index in [2.05, 4.69) is 16.2 Å². The Hall–Kier alpha value is -1.30. The number of rotatable bonds is 2. The molecule has 3 fully saturated rings. The number of carbonyl (C=O) groups is 2. The molecule has 0 aromatic heterocycles. The molecule has 6 heteroatoms. The van der Waals surface area contributed by atoms with E-state index < -0.39 is 0 Å². The van der Waals surface area contributed by atoms with Crippen molar-refractivity contribution in [2.75, 3.05) is 32.7 Å². The van der Waals surface area contributed by atoms with Crippen LogP contribution in [0.3, 0.4) is 0 Å². The summed E-state index contributed by atoms with van der Waals surface area (Å²) in [7, 11) is 0. The monoisotopic (exact) mass is 293 g/mol. The second kappa shape index (κ2) is 6.22. The van der Waals surface area contributed by atoms with E-state index in [0.29, 0.717) is 31.1 Å². The molecule has 0 spiro atoms. The van der Waals surface area contributed by atoms with E-state index >= 15 is 0 Å². The van der Waals surface area contributed by atoms with Crippen molar-refractivity contribution >= 4 is 11.9 Å². The molecular formula is C15H25N4O2. The van der Waals surface area contributed by atoms with Crippen LogP contribution in [0.25, 0.3) is 0 Å². The molecule has 0 aromatic carbocycles. The van der Waals surface area contributed by atoms with Crippen LogP contribution in [0.5, 0.6) is 0 Å². The van der Waals surface area contributed by atoms with Gasteiger partial charge in [0.05, 0.1) is 0 Å². The van der Waals surface area contributed by atoms with Crippen molar-refractivity contribution in [3.05, 3.63) is 6.42 Å². The minimum atomic E-state index is -0.331. The molecular weight excluding hydrogens is 268 g/mol. The summed E-state index contributed by atoms with van der Waals surface area (Å²) in [5.41, 5.74) is 5.33. The first-order chi connectivity index (χ1) is 10.1. The van der Waals surface area contributed by atoms with Crippen LogP contribution in [0, 0.1) is 6.42 Å². The Morgan fingerprint density at radius 3 is 2.57 bits per heavy atom. The van der Waals surface area contributed by atoms with Gasteiger partial charge in [0.2, 0.25) is 5.91 Å². The van der Waals surface area contributed by atoms with Crippen molar-refractivity contribution in [3.63, 3.8) is 0 Å². The summed E-state index contributed by atoms with van der Waals surface area (Å²) >= 11 is 0. The fourth-order valence-electron chi connectivity index (χ4n) is 3.81. The number of nitrogens with two attached hydrogens (primary N) is 1. The maximum absolute atomic E-state index is 12.0. The lowest BCUT2D eigenvalue weighted by Crippen LogP contribution is -2.51. The molecule has 21 heavy (non-hydrogen) atoms. The van der Waals surface area contributed by atoms with Crippen molar-refractivity contribution in [1.82, 2.24) is 14.7 Å². The molecule has 0 aliphatic carbocycles. The number of amides is 3. The number of urea groups is 1. The second-order valence-corrected chi connectivity index (χ2v) is 6.36. The highest BCUT2D eigenvalue weighted by Crippen LogP contribution is 2.24. The van der Waals surface area contributed by atoms with Crippen molar-refractivity contribution in [2.24, 2.45) is 5.73 Å². The molecule has 1 radical (unpaired) electrons. The van der Waals surface area contributed by atoms with Crippen LogP contribution in [0.15, 0.2) is 0 Å². The predicted molar refractivity (Wildman–Crippen MR) is 79.4 cm³/mol. The van der Waals surface area contributed by atoms with E-state index in [9.17, 15) is 9.59 Å². The molecule has 3 rings (SSSR count). The zero-order valence-electron chi connectivity index (χ0n) is 12.5. The van der Waals surface area contributed by atoms with E-state index in [1.165, 1.54) is 0 Å². The first-order valence-electron chi connectivity index (χ1n) is 8.06. The third kappa shape index (κ3) is 3.15. The normalized spacial score (nSPS) is 29.1. The van der Waals surface area contributed by atoms with Gasteiger partial charge in [0.25, 0.3) is 0 Å². The molecule has 3 amide bonds. The van der Waals surface area contributed by atoms with Crippen molar-refractivity contribution < 1.29 is 9.59 Å². The predicted octanol–water partition coefficient (Wildman–Crippen LogP) is 0.430. The van der Waals surface area contributed by atoms with Crippen LogP contribution in [-0.4, -0.2) is 71.4 Å². The Morgan fingerprint density at radius 1 is 1.19 bits per heavy atom. The molecule has 117 valence electrons. The van der Waals surface area contributed by atoms with Gasteiger partial charge in [0.15, 0.2) is 0 Å². The molecule has 0 bridgehead atoms. The first kappa shape index (κ1) is 14.6. The maximum atomic E-state index is 12.0. The number of likely N-dealkylation sites (tertiary alicyclic amines) is 3. The third-order valence-electron chi connectivity index (χ3n) is 5.09. The minimum Gasteiger partial charge on any atom is -0.351 e. The van der Waals surface area contributed by atoms with Gasteiger partial charge >= 0.3 is 6.03 Å². The van der Waals surface area contributed by atoms with Gasteiger partial charge in [0, 0.05) is 51.2 Å². The molecule has 1 atom stereocenters. The van der Waals surface area contributed by atoms with E-state index in [-0.39, 0.29) is 6.03 Å². The summed E-state index contributed by atoms with van der Waals surface area (Å²) in [6, 6.07) is 0.417. The zero-order valence-corrected chi connectivity index (χ0v) is 12.5. The van der Waals surface area contributed by atoms with E-state index in [0.717, 1.165) is 51.7 Å². The fourth-order valence-corrected chi connectivity index (χ4v) is 3.81. The van der Waals surface area contributed by atoms with Crippen LogP contribution in [-0.2, 0) is 4.79 Å². The molecule has 6 nitrogen and oxygen atoms in total. The number of hydrogen-bond donors (Lipinski definition) is 1. The Labute approximate surface area is 126 Å². The molecule has 3 heterocycles. The van der Waals surface area contributed by atoms with Crippen LogP contribution in [0.2, 0.25) is 0 Å². The van der Waals surface area contributed by atoms with Crippen LogP contribution in [0.1, 0.15) is 32.1 Å². The average Bonchev–Trinajstić information content (AvgIpc) is 2.98. The summed E-state index contributed by atoms with van der Waals surface area (Å²) in [4.78, 5) is 29.4. The summed E-state index contributed by atoms with van der Waals surface area (Å²) in [6.45, 7) is 4.31. The zero-order chi connectivity index (χ0) is 14.8. The van der Waals surface area contributed by atoms with Gasteiger partial charge in [0.1, 0.15) is 0 Å². The lowest BCUT2D eigenvalue weighted by molar-refractivity contribution is -0.136. The Kier molecular flexibility index (Phi) is 4.33. The number of hydrogen-bond acceptors (Lipinski definition) is 3. The van der Waals surface area contributed by atoms with Crippen LogP contribution in [0.4, 0.5) is 4.79 Å². The number of primary amides is 1. The summed E-state index contributed by atoms with van der Waals surface area (Å²) in [6.07, 6.45) is 7.20. The molecule has 0 saturated carbocycles. The highest BCUT2D eigenvalue weighted by Gasteiger charge is 2.34. The lowest BCUT2D eigenvalue weighted by Gasteiger charge is -2.41. The van der Waals surface area contributed by atoms with E-state index in [4.69, 9.17) is 5.73 Å². The van der Waals surface area contributed by atoms with Crippen molar-refractivity contribution in [3.8, 4) is 0 Å². The van der Waals surface area contributed by atoms with Crippen molar-refractivity contribution in [1.29, 1.82) is 0 Å². The highest BCUT2D eigenvalue weighted by atomic mass is 16.2. The Balaban J connectivity index is 1.49. The molecule has 3 saturated heterocycles. The minimum absolute atomic E-state index is 0.329. The maximum Gasteiger partial charge on any atom is 0.314 e. The smallest absolute Gasteiger partial charge is 0.314 e. The SMILES string of the molecule is NC(=O)N1C[CH][C@H](N2CCC(N3CCCCC3=O)CC2)C1. The van der Waals surface area contributed by atoms with Crippen molar-refractivity contribution in [2.45, 2.75) is 44.2 Å². The Morgan fingerprint density at radius 2 is 1.95 bits per heavy atom. The third-order valence-corrected chi connectivity index (χ3v) is 5.09. The van der Waals surface area contributed by atoms with Gasteiger partial charge in [-0.1, -0.05) is 0 Å². The van der Waals surface area contributed by atoms with Gasteiger partial charge in [-0.05, 0) is 32.1 Å². The largest absolute Gasteiger partial charge is 0.351 e. The molecule has 2 N–H and O–H groups in total. The van der Waals surface area contributed by atoms with Gasteiger partial charge in [-0.2, -0.15) is 0 Å². The average molecular weight is 293 g/mol. The second-order valence-electron chi connectivity index (χ2n) is 6.36. The van der Waals surface area contributed by atoms with E-state index in [1.807, 2.05) is 0 Å². The van der Waals surface area contributed by atoms with Gasteiger partial charge in [-0.15, -0.1) is 0 Å². The van der Waals surface area contributed by atoms with Gasteiger partial charge in [-0.25, -0.2) is 4.79 Å². The summed E-state index contributed by atoms with van der Waals surface area (Å²) in [5.74, 6) is 0.340. The number of carbonyl (C=O) groups excluding carboxylic acids is 2. The molecule has 3 aliphatic rings. The van der Waals surface area contributed by atoms with Gasteiger partial charge < -0.3 is 15.5 Å². The first-order valence-corrected chi connectivity index (χ1v) is 8.06. The summed E-state index contributed by atoms with van der Waals surface area (Å²) < 4.78 is 0. The lowest BCUT2D eigenvalue weighted by atomic mass is 9.98. The highest BCUT2D eigenvalue weighted by molar-refractivity contribution is 5.77. The van der Waals surface area contributed by atoms with E-state index in [1.54, 1.807) is 4.90 Å². The fraction of sp³-hybridized carbons (Fsp3) is 0.800. The molecule has 3 aliphatic heterocycles. The quantitative estimate of drug-likeness (QED) is 0.802. The number of nitrogens with zero attached hydrogens (tertiary/aromatic N) is 3. The molecule has 0 unspecified atom stereocenters. The topological polar surface area (TPSA) is 69.9 Å². The number of piperidine rings is 2. The Bertz CT molecular complexity index is 406. The van der Waals surface area contributed by atoms with Crippen LogP contribution >= 0.6 is 0 Å². The van der Waals surface area contributed by atoms with Crippen LogP contribution < -0.4 is 5.73 Å².